The minimum Gasteiger partial charge on any atom is -0.366 e. The number of carbonyl (C=O) groups excluding carboxylic acids is 1. The molecule has 7 nitrogen and oxygen atoms in total. The van der Waals surface area contributed by atoms with Crippen molar-refractivity contribution in [3.05, 3.63) is 18.1 Å². The van der Waals surface area contributed by atoms with E-state index in [1.54, 1.807) is 11.1 Å². The van der Waals surface area contributed by atoms with E-state index >= 15 is 0 Å². The number of hydrogen-bond acceptors (Lipinski definition) is 6. The molecular formula is C14H20N4O3S. The highest BCUT2D eigenvalue weighted by molar-refractivity contribution is 7.91. The third-order valence-corrected chi connectivity index (χ3v) is 5.80. The molecule has 0 spiro atoms. The molecule has 3 rings (SSSR count). The van der Waals surface area contributed by atoms with E-state index in [0.717, 1.165) is 12.8 Å². The Balaban J connectivity index is 1.70. The Labute approximate surface area is 130 Å². The van der Waals surface area contributed by atoms with Crippen LogP contribution in [0, 0.1) is 0 Å². The molecule has 1 saturated heterocycles. The van der Waals surface area contributed by atoms with Gasteiger partial charge in [0, 0.05) is 18.6 Å². The normalized spacial score (nSPS) is 23.2. The van der Waals surface area contributed by atoms with E-state index < -0.39 is 9.84 Å². The molecule has 1 aromatic rings. The van der Waals surface area contributed by atoms with Gasteiger partial charge in [-0.15, -0.1) is 0 Å². The maximum atomic E-state index is 12.5. The molecule has 2 heterocycles. The first kappa shape index (κ1) is 15.2. The topological polar surface area (TPSA) is 92.3 Å². The molecule has 1 amide bonds. The number of rotatable bonds is 5. The summed E-state index contributed by atoms with van der Waals surface area (Å²) in [6.45, 7) is 2.31. The first-order chi connectivity index (χ1) is 10.5. The van der Waals surface area contributed by atoms with Crippen LogP contribution in [-0.2, 0) is 9.84 Å². The maximum Gasteiger partial charge on any atom is 0.274 e. The lowest BCUT2D eigenvalue weighted by Gasteiger charge is -2.26. The van der Waals surface area contributed by atoms with Crippen molar-refractivity contribution in [2.45, 2.75) is 38.3 Å². The van der Waals surface area contributed by atoms with E-state index in [2.05, 4.69) is 15.3 Å². The minimum atomic E-state index is -3.02. The molecule has 1 atom stereocenters. The number of nitrogens with zero attached hydrogens (tertiary/aromatic N) is 3. The molecule has 1 aliphatic heterocycles. The fraction of sp³-hybridized carbons (Fsp3) is 0.643. The van der Waals surface area contributed by atoms with Crippen LogP contribution in [0.1, 0.15) is 36.7 Å². The number of aromatic nitrogens is 2. The summed E-state index contributed by atoms with van der Waals surface area (Å²) < 4.78 is 23.2. The minimum absolute atomic E-state index is 0.0430. The van der Waals surface area contributed by atoms with E-state index in [9.17, 15) is 13.2 Å². The highest BCUT2D eigenvalue weighted by Crippen LogP contribution is 2.23. The highest BCUT2D eigenvalue weighted by Gasteiger charge is 2.34. The van der Waals surface area contributed by atoms with Crippen LogP contribution in [0.3, 0.4) is 0 Å². The lowest BCUT2D eigenvalue weighted by atomic mass is 10.2. The van der Waals surface area contributed by atoms with Gasteiger partial charge in [-0.05, 0) is 26.2 Å². The summed E-state index contributed by atoms with van der Waals surface area (Å²) in [6.07, 6.45) is 5.80. The van der Waals surface area contributed by atoms with Crippen molar-refractivity contribution in [2.75, 3.05) is 23.4 Å². The second kappa shape index (κ2) is 5.83. The van der Waals surface area contributed by atoms with Crippen molar-refractivity contribution >= 4 is 21.6 Å². The second-order valence-electron chi connectivity index (χ2n) is 5.85. The largest absolute Gasteiger partial charge is 0.366 e. The average molecular weight is 324 g/mol. The molecule has 2 fully saturated rings. The van der Waals surface area contributed by atoms with Crippen LogP contribution in [0.4, 0.5) is 5.82 Å². The summed E-state index contributed by atoms with van der Waals surface area (Å²) >= 11 is 0. The van der Waals surface area contributed by atoms with Gasteiger partial charge in [0.05, 0.1) is 23.9 Å². The fourth-order valence-corrected chi connectivity index (χ4v) is 4.42. The van der Waals surface area contributed by atoms with E-state index in [-0.39, 0.29) is 29.1 Å². The van der Waals surface area contributed by atoms with Crippen molar-refractivity contribution in [2.24, 2.45) is 0 Å². The summed E-state index contributed by atoms with van der Waals surface area (Å²) in [6, 6.07) is 0.222. The first-order valence-corrected chi connectivity index (χ1v) is 9.40. The molecule has 1 N–H and O–H groups in total. The zero-order valence-electron chi connectivity index (χ0n) is 12.5. The summed E-state index contributed by atoms with van der Waals surface area (Å²) in [5, 5.41) is 3.21. The first-order valence-electron chi connectivity index (χ1n) is 7.58. The van der Waals surface area contributed by atoms with Crippen molar-refractivity contribution in [3.63, 3.8) is 0 Å². The van der Waals surface area contributed by atoms with Crippen LogP contribution in [0.5, 0.6) is 0 Å². The summed E-state index contributed by atoms with van der Waals surface area (Å²) in [4.78, 5) is 22.5. The van der Waals surface area contributed by atoms with E-state index in [4.69, 9.17) is 0 Å². The predicted octanol–water partition coefficient (Wildman–Crippen LogP) is 0.700. The van der Waals surface area contributed by atoms with Gasteiger partial charge in [-0.1, -0.05) is 0 Å². The van der Waals surface area contributed by atoms with Gasteiger partial charge in [-0.2, -0.15) is 0 Å². The van der Waals surface area contributed by atoms with Crippen LogP contribution in [-0.4, -0.2) is 59.3 Å². The van der Waals surface area contributed by atoms with Gasteiger partial charge in [0.1, 0.15) is 11.5 Å². The molecule has 2 aliphatic rings. The molecule has 1 saturated carbocycles. The third kappa shape index (κ3) is 3.37. The molecule has 1 aliphatic carbocycles. The van der Waals surface area contributed by atoms with E-state index in [0.29, 0.717) is 24.8 Å². The number of carbonyl (C=O) groups is 1. The summed E-state index contributed by atoms with van der Waals surface area (Å²) in [7, 11) is -3.02. The molecule has 0 radical (unpaired) electrons. The Morgan fingerprint density at radius 1 is 1.32 bits per heavy atom. The summed E-state index contributed by atoms with van der Waals surface area (Å²) in [5.74, 6) is 0.610. The van der Waals surface area contributed by atoms with Gasteiger partial charge >= 0.3 is 0 Å². The number of sulfone groups is 1. The van der Waals surface area contributed by atoms with Crippen molar-refractivity contribution in [1.82, 2.24) is 14.9 Å². The van der Waals surface area contributed by atoms with E-state index in [1.165, 1.54) is 6.20 Å². The van der Waals surface area contributed by atoms with Gasteiger partial charge < -0.3 is 10.2 Å². The number of nitrogens with one attached hydrogen (secondary N) is 1. The van der Waals surface area contributed by atoms with Crippen LogP contribution in [0.25, 0.3) is 0 Å². The third-order valence-electron chi connectivity index (χ3n) is 4.05. The zero-order chi connectivity index (χ0) is 15.7. The lowest BCUT2D eigenvalue weighted by Crippen LogP contribution is -2.41. The van der Waals surface area contributed by atoms with Gasteiger partial charge in [-0.3, -0.25) is 4.79 Å². The van der Waals surface area contributed by atoms with Gasteiger partial charge in [0.25, 0.3) is 5.91 Å². The fourth-order valence-electron chi connectivity index (χ4n) is 2.69. The van der Waals surface area contributed by atoms with E-state index in [1.807, 2.05) is 6.92 Å². The second-order valence-corrected chi connectivity index (χ2v) is 8.08. The molecule has 120 valence electrons. The lowest BCUT2D eigenvalue weighted by molar-refractivity contribution is 0.0702. The molecule has 1 aromatic heterocycles. The van der Waals surface area contributed by atoms with Gasteiger partial charge in [0.15, 0.2) is 9.84 Å². The molecular weight excluding hydrogens is 304 g/mol. The SMILES string of the molecule is CCN(C(=O)c1cnc(NC2CC2)cn1)C1CCS(=O)(=O)C1. The average Bonchev–Trinajstić information content (AvgIpc) is 3.23. The van der Waals surface area contributed by atoms with Crippen LogP contribution in [0.15, 0.2) is 12.4 Å². The van der Waals surface area contributed by atoms with Gasteiger partial charge in [-0.25, -0.2) is 18.4 Å². The Morgan fingerprint density at radius 2 is 2.09 bits per heavy atom. The number of hydrogen-bond donors (Lipinski definition) is 1. The van der Waals surface area contributed by atoms with Crippen LogP contribution in [0.2, 0.25) is 0 Å². The van der Waals surface area contributed by atoms with Crippen molar-refractivity contribution in [1.29, 1.82) is 0 Å². The Kier molecular flexibility index (Phi) is 4.03. The molecule has 8 heteroatoms. The standard InChI is InChI=1S/C14H20N4O3S/c1-2-18(11-5-6-22(20,21)9-11)14(19)12-7-16-13(8-15-12)17-10-3-4-10/h7-8,10-11H,2-6,9H2,1H3,(H,16,17). The molecule has 0 aromatic carbocycles. The molecule has 1 unspecified atom stereocenters. The van der Waals surface area contributed by atoms with Gasteiger partial charge in [0.2, 0.25) is 0 Å². The Hall–Kier alpha value is -1.70. The van der Waals surface area contributed by atoms with Crippen molar-refractivity contribution < 1.29 is 13.2 Å². The Bertz CT molecular complexity index is 655. The van der Waals surface area contributed by atoms with Crippen LogP contribution >= 0.6 is 0 Å². The summed E-state index contributed by atoms with van der Waals surface area (Å²) in [5.41, 5.74) is 0.257. The predicted molar refractivity (Wildman–Crippen MR) is 82.4 cm³/mol. The highest BCUT2D eigenvalue weighted by atomic mass is 32.2. The maximum absolute atomic E-state index is 12.5. The van der Waals surface area contributed by atoms with Crippen LogP contribution < -0.4 is 5.32 Å². The monoisotopic (exact) mass is 324 g/mol. The number of anilines is 1. The zero-order valence-corrected chi connectivity index (χ0v) is 13.3. The molecule has 22 heavy (non-hydrogen) atoms. The smallest absolute Gasteiger partial charge is 0.274 e. The van der Waals surface area contributed by atoms with Crippen molar-refractivity contribution in [3.8, 4) is 0 Å². The Morgan fingerprint density at radius 3 is 2.59 bits per heavy atom. The quantitative estimate of drug-likeness (QED) is 0.857. The molecule has 0 bridgehead atoms. The number of amides is 1.